The molecule has 13 heteroatoms. The second kappa shape index (κ2) is 17.3. The minimum Gasteiger partial charge on any atom is -0.476 e. The van der Waals surface area contributed by atoms with Gasteiger partial charge in [-0.1, -0.05) is 47.5 Å². The molecule has 43 heavy (non-hydrogen) atoms. The molecule has 2 amide bonds. The summed E-state index contributed by atoms with van der Waals surface area (Å²) in [5.41, 5.74) is -0.174. The van der Waals surface area contributed by atoms with Gasteiger partial charge in [0.25, 0.3) is 0 Å². The quantitative estimate of drug-likeness (QED) is 0.204. The fraction of sp³-hybridized carbons (Fsp3) is 0.733. The van der Waals surface area contributed by atoms with Crippen LogP contribution in [0.15, 0.2) is 5.38 Å². The number of likely N-dealkylation sites (tertiary alicyclic amines) is 1. The molecule has 0 spiro atoms. The number of ether oxygens (including phenoxy) is 2. The van der Waals surface area contributed by atoms with Crippen LogP contribution >= 0.6 is 11.3 Å². The lowest BCUT2D eigenvalue weighted by Gasteiger charge is -2.39. The van der Waals surface area contributed by atoms with Gasteiger partial charge in [-0.15, -0.1) is 11.3 Å². The molecule has 0 saturated carbocycles. The minimum atomic E-state index is -1.21. The number of nitrogens with zero attached hydrogens (tertiary/aromatic N) is 3. The van der Waals surface area contributed by atoms with Gasteiger partial charge in [0.05, 0.1) is 6.04 Å². The normalized spacial score (nSPS) is 18.3. The van der Waals surface area contributed by atoms with Gasteiger partial charge in [-0.2, -0.15) is 0 Å². The van der Waals surface area contributed by atoms with Crippen LogP contribution in [0.1, 0.15) is 108 Å². The zero-order chi connectivity index (χ0) is 32.3. The molecule has 0 aliphatic carbocycles. The van der Waals surface area contributed by atoms with Crippen LogP contribution in [0.4, 0.5) is 0 Å². The molecule has 2 N–H and O–H groups in total. The van der Waals surface area contributed by atoms with Crippen molar-refractivity contribution < 1.29 is 38.6 Å². The lowest BCUT2D eigenvalue weighted by Crippen LogP contribution is -2.59. The number of carboxylic acids is 1. The summed E-state index contributed by atoms with van der Waals surface area (Å²) in [4.78, 5) is 71.4. The maximum absolute atomic E-state index is 14.4. The van der Waals surface area contributed by atoms with Gasteiger partial charge in [0.2, 0.25) is 11.8 Å². The summed E-state index contributed by atoms with van der Waals surface area (Å²) in [5.74, 6) is -3.31. The third-order valence-corrected chi connectivity index (χ3v) is 8.84. The standard InChI is InChI=1S/C30H48N4O8S/c1-8-12-25(36)41-17-34(29(38)26(19(5)9-2)32-27(37)22-13-10-11-14-33(22)7)23(18(3)4)15-24(42-20(6)35)28-31-21(16-43-28)30(39)40/h16,18-19,22-24,26H,8-15,17H2,1-7H3,(H,32,37)(H,39,40)/t19?,22-,23-,24-,26+/m1/s1. The first-order valence-corrected chi connectivity index (χ1v) is 16.0. The van der Waals surface area contributed by atoms with E-state index in [-0.39, 0.29) is 54.1 Å². The zero-order valence-corrected chi connectivity index (χ0v) is 27.3. The maximum atomic E-state index is 14.4. The van der Waals surface area contributed by atoms with E-state index in [1.54, 1.807) is 0 Å². The number of rotatable bonds is 16. The van der Waals surface area contributed by atoms with Crippen LogP contribution in [0.3, 0.4) is 0 Å². The van der Waals surface area contributed by atoms with Gasteiger partial charge >= 0.3 is 17.9 Å². The van der Waals surface area contributed by atoms with E-state index in [1.165, 1.54) is 17.2 Å². The number of thiazole rings is 1. The van der Waals surface area contributed by atoms with E-state index < -0.39 is 42.0 Å². The number of carbonyl (C=O) groups is 5. The summed E-state index contributed by atoms with van der Waals surface area (Å²) in [6, 6.07) is -1.85. The van der Waals surface area contributed by atoms with Crippen LogP contribution in [-0.2, 0) is 28.7 Å². The van der Waals surface area contributed by atoms with Crippen molar-refractivity contribution in [3.05, 3.63) is 16.1 Å². The van der Waals surface area contributed by atoms with Crippen molar-refractivity contribution in [1.82, 2.24) is 20.1 Å². The molecule has 242 valence electrons. The molecule has 1 aliphatic rings. The van der Waals surface area contributed by atoms with E-state index in [4.69, 9.17) is 9.47 Å². The highest BCUT2D eigenvalue weighted by atomic mass is 32.1. The molecule has 0 aromatic carbocycles. The van der Waals surface area contributed by atoms with Crippen molar-refractivity contribution in [3.8, 4) is 0 Å². The highest BCUT2D eigenvalue weighted by molar-refractivity contribution is 7.09. The third-order valence-electron chi connectivity index (χ3n) is 7.90. The number of amides is 2. The van der Waals surface area contributed by atoms with Gasteiger partial charge in [-0.05, 0) is 44.7 Å². The van der Waals surface area contributed by atoms with Crippen molar-refractivity contribution in [2.45, 2.75) is 111 Å². The first-order valence-electron chi connectivity index (χ1n) is 15.1. The van der Waals surface area contributed by atoms with E-state index in [1.807, 2.05) is 46.6 Å². The van der Waals surface area contributed by atoms with Crippen molar-refractivity contribution in [2.24, 2.45) is 11.8 Å². The Labute approximate surface area is 258 Å². The first kappa shape index (κ1) is 36.1. The summed E-state index contributed by atoms with van der Waals surface area (Å²) < 4.78 is 11.1. The number of likely N-dealkylation sites (N-methyl/N-ethyl adjacent to an activating group) is 1. The minimum absolute atomic E-state index is 0.0768. The number of hydrogen-bond donors (Lipinski definition) is 2. The molecular formula is C30H48N4O8S. The number of nitrogens with one attached hydrogen (secondary N) is 1. The summed E-state index contributed by atoms with van der Waals surface area (Å²) in [6.07, 6.45) is 3.14. The number of aromatic carboxylic acids is 1. The van der Waals surface area contributed by atoms with Crippen LogP contribution in [0.2, 0.25) is 0 Å². The molecule has 2 heterocycles. The van der Waals surface area contributed by atoms with Crippen molar-refractivity contribution in [1.29, 1.82) is 0 Å². The number of carbonyl (C=O) groups excluding carboxylic acids is 4. The molecular weight excluding hydrogens is 576 g/mol. The van der Waals surface area contributed by atoms with Crippen molar-refractivity contribution >= 4 is 41.1 Å². The Morgan fingerprint density at radius 3 is 2.42 bits per heavy atom. The van der Waals surface area contributed by atoms with E-state index in [0.717, 1.165) is 30.7 Å². The van der Waals surface area contributed by atoms with Crippen LogP contribution in [0, 0.1) is 11.8 Å². The Bertz CT molecular complexity index is 1110. The molecule has 0 bridgehead atoms. The van der Waals surface area contributed by atoms with Crippen LogP contribution in [-0.4, -0.2) is 88.1 Å². The van der Waals surface area contributed by atoms with Crippen LogP contribution < -0.4 is 5.32 Å². The molecule has 1 aromatic heterocycles. The number of esters is 2. The first-order chi connectivity index (χ1) is 20.3. The molecule has 1 aliphatic heterocycles. The van der Waals surface area contributed by atoms with Crippen molar-refractivity contribution in [3.63, 3.8) is 0 Å². The van der Waals surface area contributed by atoms with E-state index in [0.29, 0.717) is 19.3 Å². The summed E-state index contributed by atoms with van der Waals surface area (Å²) in [6.45, 7) is 11.2. The van der Waals surface area contributed by atoms with Gasteiger partial charge < -0.3 is 24.8 Å². The number of aromatic nitrogens is 1. The monoisotopic (exact) mass is 624 g/mol. The Kier molecular flexibility index (Phi) is 14.5. The van der Waals surface area contributed by atoms with Gasteiger partial charge in [0.15, 0.2) is 18.5 Å². The second-order valence-electron chi connectivity index (χ2n) is 11.6. The third kappa shape index (κ3) is 10.6. The lowest BCUT2D eigenvalue weighted by molar-refractivity contribution is -0.160. The summed E-state index contributed by atoms with van der Waals surface area (Å²) in [5, 5.41) is 14.0. The Balaban J connectivity index is 2.48. The van der Waals surface area contributed by atoms with Gasteiger partial charge in [-0.25, -0.2) is 9.78 Å². The largest absolute Gasteiger partial charge is 0.476 e. The van der Waals surface area contributed by atoms with Crippen LogP contribution in [0.25, 0.3) is 0 Å². The topological polar surface area (TPSA) is 155 Å². The van der Waals surface area contributed by atoms with Gasteiger partial charge in [0.1, 0.15) is 11.0 Å². The Morgan fingerprint density at radius 2 is 1.88 bits per heavy atom. The smallest absolute Gasteiger partial charge is 0.355 e. The number of hydrogen-bond acceptors (Lipinski definition) is 10. The fourth-order valence-corrected chi connectivity index (χ4v) is 6.00. The second-order valence-corrected chi connectivity index (χ2v) is 12.5. The predicted molar refractivity (Wildman–Crippen MR) is 161 cm³/mol. The Hall–Kier alpha value is -3.06. The molecule has 1 aromatic rings. The maximum Gasteiger partial charge on any atom is 0.355 e. The molecule has 2 rings (SSSR count). The SMILES string of the molecule is CCCC(=O)OCN(C(=O)[C@@H](NC(=O)[C@H]1CCCCN1C)C(C)CC)[C@H](C[C@@H](OC(C)=O)c1nc(C(=O)O)cs1)C(C)C. The molecule has 1 fully saturated rings. The molecule has 5 atom stereocenters. The van der Waals surface area contributed by atoms with Crippen LogP contribution in [0.5, 0.6) is 0 Å². The average Bonchev–Trinajstić information content (AvgIpc) is 3.45. The average molecular weight is 625 g/mol. The number of carboxylic acid groups (broad SMARTS) is 1. The van der Waals surface area contributed by atoms with E-state index in [9.17, 15) is 29.1 Å². The zero-order valence-electron chi connectivity index (χ0n) is 26.5. The summed E-state index contributed by atoms with van der Waals surface area (Å²) >= 11 is 1.05. The highest BCUT2D eigenvalue weighted by Gasteiger charge is 2.39. The molecule has 1 saturated heterocycles. The van der Waals surface area contributed by atoms with Gasteiger partial charge in [-0.3, -0.25) is 24.1 Å². The Morgan fingerprint density at radius 1 is 1.19 bits per heavy atom. The molecule has 12 nitrogen and oxygen atoms in total. The van der Waals surface area contributed by atoms with Gasteiger partial charge in [0, 0.05) is 31.2 Å². The fourth-order valence-electron chi connectivity index (χ4n) is 5.17. The predicted octanol–water partition coefficient (Wildman–Crippen LogP) is 4.00. The molecule has 1 unspecified atom stereocenters. The lowest BCUT2D eigenvalue weighted by atomic mass is 9.92. The highest BCUT2D eigenvalue weighted by Crippen LogP contribution is 2.31. The number of piperidine rings is 1. The van der Waals surface area contributed by atoms with E-state index in [2.05, 4.69) is 10.3 Å². The van der Waals surface area contributed by atoms with E-state index >= 15 is 0 Å². The molecule has 0 radical (unpaired) electrons. The van der Waals surface area contributed by atoms with Crippen molar-refractivity contribution in [2.75, 3.05) is 20.3 Å². The summed E-state index contributed by atoms with van der Waals surface area (Å²) in [7, 11) is 1.90.